The van der Waals surface area contributed by atoms with E-state index in [9.17, 15) is 9.59 Å². The summed E-state index contributed by atoms with van der Waals surface area (Å²) in [6.07, 6.45) is 1.86. The van der Waals surface area contributed by atoms with Gasteiger partial charge in [-0.1, -0.05) is 65.4 Å². The van der Waals surface area contributed by atoms with Crippen molar-refractivity contribution < 1.29 is 14.3 Å². The number of aromatic nitrogens is 1. The van der Waals surface area contributed by atoms with Gasteiger partial charge in [0.15, 0.2) is 4.80 Å². The number of carbonyl (C=O) groups excluding carboxylic acids is 1. The molecule has 4 aromatic rings. The predicted octanol–water partition coefficient (Wildman–Crippen LogP) is 5.00. The predicted molar refractivity (Wildman–Crippen MR) is 147 cm³/mol. The van der Waals surface area contributed by atoms with Crippen molar-refractivity contribution in [1.82, 2.24) is 4.57 Å². The number of allylic oxidation sites excluding steroid dienone is 1. The molecule has 6 nitrogen and oxygen atoms in total. The third-order valence-electron chi connectivity index (χ3n) is 6.21. The number of halogens is 1. The normalized spacial score (nSPS) is 15.5. The Kier molecular flexibility index (Phi) is 7.00. The van der Waals surface area contributed by atoms with Gasteiger partial charge in [0.1, 0.15) is 5.75 Å². The number of hydrogen-bond donors (Lipinski definition) is 0. The van der Waals surface area contributed by atoms with Crippen LogP contribution in [0.4, 0.5) is 0 Å². The van der Waals surface area contributed by atoms with Crippen LogP contribution in [0.15, 0.2) is 81.7 Å². The smallest absolute Gasteiger partial charge is 0.338 e. The molecule has 0 spiro atoms. The SMILES string of the molecule is CCOC(=O)C1=C(C)N=c2s/c(=C\c3c(OCC)ccc4ccccc34)c(=O)n2[C@@H]1c1ccc(Cl)cc1. The molecule has 1 aromatic heterocycles. The minimum Gasteiger partial charge on any atom is -0.493 e. The third-order valence-corrected chi connectivity index (χ3v) is 7.44. The number of thiazole rings is 1. The van der Waals surface area contributed by atoms with Crippen LogP contribution >= 0.6 is 22.9 Å². The lowest BCUT2D eigenvalue weighted by Gasteiger charge is -2.24. The van der Waals surface area contributed by atoms with Gasteiger partial charge in [-0.15, -0.1) is 0 Å². The van der Waals surface area contributed by atoms with Gasteiger partial charge in [0, 0.05) is 10.6 Å². The van der Waals surface area contributed by atoms with Crippen LogP contribution in [0, 0.1) is 0 Å². The monoisotopic (exact) mass is 532 g/mol. The van der Waals surface area contributed by atoms with Gasteiger partial charge in [-0.25, -0.2) is 9.79 Å². The second-order valence-electron chi connectivity index (χ2n) is 8.49. The zero-order valence-electron chi connectivity index (χ0n) is 20.7. The molecule has 3 aromatic carbocycles. The first kappa shape index (κ1) is 25.0. The molecule has 0 fully saturated rings. The van der Waals surface area contributed by atoms with Gasteiger partial charge in [0.25, 0.3) is 5.56 Å². The van der Waals surface area contributed by atoms with Gasteiger partial charge >= 0.3 is 5.97 Å². The number of rotatable bonds is 6. The maximum absolute atomic E-state index is 13.9. The quantitative estimate of drug-likeness (QED) is 0.328. The van der Waals surface area contributed by atoms with Gasteiger partial charge in [0.05, 0.1) is 35.1 Å². The summed E-state index contributed by atoms with van der Waals surface area (Å²) < 4.78 is 13.3. The van der Waals surface area contributed by atoms with Crippen LogP contribution in [-0.2, 0) is 9.53 Å². The highest BCUT2D eigenvalue weighted by molar-refractivity contribution is 7.07. The highest BCUT2D eigenvalue weighted by atomic mass is 35.5. The Hall–Kier alpha value is -3.68. The average Bonchev–Trinajstić information content (AvgIpc) is 3.19. The van der Waals surface area contributed by atoms with Gasteiger partial charge < -0.3 is 9.47 Å². The molecule has 1 atom stereocenters. The molecule has 0 amide bonds. The van der Waals surface area contributed by atoms with E-state index in [-0.39, 0.29) is 12.2 Å². The van der Waals surface area contributed by atoms with Crippen LogP contribution in [0.3, 0.4) is 0 Å². The third kappa shape index (κ3) is 4.61. The largest absolute Gasteiger partial charge is 0.493 e. The van der Waals surface area contributed by atoms with Crippen molar-refractivity contribution >= 4 is 45.8 Å². The number of benzene rings is 3. The molecule has 0 N–H and O–H groups in total. The number of esters is 1. The van der Waals surface area contributed by atoms with E-state index in [2.05, 4.69) is 4.99 Å². The van der Waals surface area contributed by atoms with Crippen molar-refractivity contribution in [2.24, 2.45) is 4.99 Å². The van der Waals surface area contributed by atoms with Gasteiger partial charge in [-0.3, -0.25) is 9.36 Å². The van der Waals surface area contributed by atoms with Crippen LogP contribution in [-0.4, -0.2) is 23.8 Å². The van der Waals surface area contributed by atoms with E-state index in [1.807, 2.05) is 61.5 Å². The molecule has 8 heteroatoms. The number of fused-ring (bicyclic) bond motifs is 2. The van der Waals surface area contributed by atoms with Crippen LogP contribution < -0.4 is 19.6 Å². The van der Waals surface area contributed by atoms with E-state index >= 15 is 0 Å². The van der Waals surface area contributed by atoms with Crippen molar-refractivity contribution in [2.45, 2.75) is 26.8 Å². The molecule has 1 aliphatic heterocycles. The molecular weight excluding hydrogens is 508 g/mol. The molecule has 0 saturated carbocycles. The van der Waals surface area contributed by atoms with Crippen LogP contribution in [0.5, 0.6) is 5.75 Å². The van der Waals surface area contributed by atoms with Crippen LogP contribution in [0.2, 0.25) is 5.02 Å². The molecule has 2 heterocycles. The Labute approximate surface area is 222 Å². The Morgan fingerprint density at radius 3 is 2.57 bits per heavy atom. The van der Waals surface area contributed by atoms with Gasteiger partial charge in [-0.05, 0) is 61.4 Å². The van der Waals surface area contributed by atoms with Crippen molar-refractivity contribution in [3.05, 3.63) is 108 Å². The minimum atomic E-state index is -0.686. The van der Waals surface area contributed by atoms with Crippen molar-refractivity contribution in [3.8, 4) is 5.75 Å². The summed E-state index contributed by atoms with van der Waals surface area (Å²) in [5, 5.41) is 2.59. The minimum absolute atomic E-state index is 0.217. The van der Waals surface area contributed by atoms with Crippen LogP contribution in [0.1, 0.15) is 37.9 Å². The fourth-order valence-electron chi connectivity index (χ4n) is 4.59. The van der Waals surface area contributed by atoms with Crippen molar-refractivity contribution in [2.75, 3.05) is 13.2 Å². The molecular formula is C29H25ClN2O4S. The molecule has 0 radical (unpaired) electrons. The highest BCUT2D eigenvalue weighted by Gasteiger charge is 2.33. The lowest BCUT2D eigenvalue weighted by atomic mass is 9.96. The summed E-state index contributed by atoms with van der Waals surface area (Å²) in [6.45, 7) is 6.16. The summed E-state index contributed by atoms with van der Waals surface area (Å²) in [7, 11) is 0. The standard InChI is InChI=1S/C29H25ClN2O4S/c1-4-35-23-15-12-18-8-6-7-9-21(18)22(23)16-24-27(33)32-26(19-10-13-20(30)14-11-19)25(28(34)36-5-2)17(3)31-29(32)37-24/h6-16,26H,4-5H2,1-3H3/b24-16-/t26-/m1/s1. The maximum atomic E-state index is 13.9. The highest BCUT2D eigenvalue weighted by Crippen LogP contribution is 2.32. The number of ether oxygens (including phenoxy) is 2. The lowest BCUT2D eigenvalue weighted by molar-refractivity contribution is -0.139. The maximum Gasteiger partial charge on any atom is 0.338 e. The molecule has 37 heavy (non-hydrogen) atoms. The number of hydrogen-bond acceptors (Lipinski definition) is 6. The van der Waals surface area contributed by atoms with E-state index in [0.29, 0.717) is 38.0 Å². The fraction of sp³-hybridized carbons (Fsp3) is 0.207. The molecule has 0 bridgehead atoms. The Morgan fingerprint density at radius 2 is 1.84 bits per heavy atom. The van der Waals surface area contributed by atoms with Gasteiger partial charge in [-0.2, -0.15) is 0 Å². The zero-order valence-corrected chi connectivity index (χ0v) is 22.2. The lowest BCUT2D eigenvalue weighted by Crippen LogP contribution is -2.39. The average molecular weight is 533 g/mol. The van der Waals surface area contributed by atoms with Crippen molar-refractivity contribution in [3.63, 3.8) is 0 Å². The summed E-state index contributed by atoms with van der Waals surface area (Å²) in [5.74, 6) is 0.204. The van der Waals surface area contributed by atoms with E-state index in [4.69, 9.17) is 21.1 Å². The first-order chi connectivity index (χ1) is 17.9. The van der Waals surface area contributed by atoms with Gasteiger partial charge in [0.2, 0.25) is 0 Å². The second-order valence-corrected chi connectivity index (χ2v) is 9.93. The van der Waals surface area contributed by atoms with E-state index < -0.39 is 12.0 Å². The van der Waals surface area contributed by atoms with Crippen LogP contribution in [0.25, 0.3) is 16.8 Å². The molecule has 188 valence electrons. The fourth-order valence-corrected chi connectivity index (χ4v) is 5.74. The van der Waals surface area contributed by atoms with E-state index in [1.165, 1.54) is 11.3 Å². The van der Waals surface area contributed by atoms with E-state index in [0.717, 1.165) is 21.9 Å². The molecule has 0 unspecified atom stereocenters. The Balaban J connectivity index is 1.77. The topological polar surface area (TPSA) is 69.9 Å². The Bertz CT molecular complexity index is 1720. The zero-order chi connectivity index (χ0) is 26.1. The summed E-state index contributed by atoms with van der Waals surface area (Å²) >= 11 is 7.42. The first-order valence-corrected chi connectivity index (χ1v) is 13.2. The molecule has 0 aliphatic carbocycles. The number of nitrogens with zero attached hydrogens (tertiary/aromatic N) is 2. The summed E-state index contributed by atoms with van der Waals surface area (Å²) in [5.41, 5.74) is 2.19. The second kappa shape index (κ2) is 10.4. The number of carbonyl (C=O) groups is 1. The molecule has 0 saturated heterocycles. The molecule has 1 aliphatic rings. The first-order valence-electron chi connectivity index (χ1n) is 12.0. The van der Waals surface area contributed by atoms with Crippen molar-refractivity contribution in [1.29, 1.82) is 0 Å². The summed E-state index contributed by atoms with van der Waals surface area (Å²) in [4.78, 5) is 32.2. The molecule has 5 rings (SSSR count). The Morgan fingerprint density at radius 1 is 1.08 bits per heavy atom. The summed E-state index contributed by atoms with van der Waals surface area (Å²) in [6, 6.07) is 18.4. The van der Waals surface area contributed by atoms with E-state index in [1.54, 1.807) is 30.5 Å².